The summed E-state index contributed by atoms with van der Waals surface area (Å²) >= 11 is 6.91. The largest absolute Gasteiger partial charge is 0.428 e. The fourth-order valence-electron chi connectivity index (χ4n) is 0.987. The smallest absolute Gasteiger partial charge is 0.319 e. The highest BCUT2D eigenvalue weighted by atomic mass is 35.5. The van der Waals surface area contributed by atoms with Crippen molar-refractivity contribution in [2.45, 2.75) is 6.92 Å². The van der Waals surface area contributed by atoms with Crippen molar-refractivity contribution in [3.05, 3.63) is 28.8 Å². The summed E-state index contributed by atoms with van der Waals surface area (Å²) in [6, 6.07) is 5.38. The highest BCUT2D eigenvalue weighted by molar-refractivity contribution is 7.07. The van der Waals surface area contributed by atoms with Gasteiger partial charge in [-0.05, 0) is 35.9 Å². The maximum Gasteiger partial charge on any atom is 0.319 e. The Labute approximate surface area is 89.6 Å². The molecule has 0 N–H and O–H groups in total. The molecule has 0 amide bonds. The van der Waals surface area contributed by atoms with Crippen molar-refractivity contribution in [2.24, 2.45) is 0 Å². The third-order valence-corrected chi connectivity index (χ3v) is 2.33. The van der Waals surface area contributed by atoms with Crippen LogP contribution in [0.15, 0.2) is 18.2 Å². The van der Waals surface area contributed by atoms with Gasteiger partial charge in [-0.2, -0.15) is 0 Å². The predicted octanol–water partition coefficient (Wildman–Crippen LogP) is 2.69. The summed E-state index contributed by atoms with van der Waals surface area (Å²) in [7, 11) is 0. The molecule has 0 saturated carbocycles. The SMILES string of the molecule is Cc1cc(Cl)ccc1Oc1nnns1. The van der Waals surface area contributed by atoms with E-state index in [0.717, 1.165) is 17.1 Å². The Morgan fingerprint density at radius 3 is 2.93 bits per heavy atom. The Kier molecular flexibility index (Phi) is 2.60. The van der Waals surface area contributed by atoms with E-state index < -0.39 is 0 Å². The van der Waals surface area contributed by atoms with Crippen LogP contribution in [0.4, 0.5) is 0 Å². The molecule has 1 heterocycles. The summed E-state index contributed by atoms with van der Waals surface area (Å²) in [6.45, 7) is 1.91. The first-order valence-electron chi connectivity index (χ1n) is 3.85. The molecule has 72 valence electrons. The van der Waals surface area contributed by atoms with Crippen LogP contribution >= 0.6 is 23.1 Å². The molecule has 0 unspecified atom stereocenters. The molecule has 0 saturated heterocycles. The molecular formula is C8H6ClN3OS. The van der Waals surface area contributed by atoms with Crippen molar-refractivity contribution in [3.63, 3.8) is 0 Å². The van der Waals surface area contributed by atoms with Gasteiger partial charge in [-0.1, -0.05) is 21.2 Å². The van der Waals surface area contributed by atoms with Crippen molar-refractivity contribution < 1.29 is 4.74 Å². The lowest BCUT2D eigenvalue weighted by atomic mass is 10.2. The summed E-state index contributed by atoms with van der Waals surface area (Å²) in [5.74, 6) is 0.716. The number of ether oxygens (including phenoxy) is 1. The molecule has 1 aromatic heterocycles. The lowest BCUT2D eigenvalue weighted by Crippen LogP contribution is -1.86. The Bertz CT molecular complexity index is 432. The molecule has 6 heteroatoms. The minimum atomic E-state index is 0.426. The van der Waals surface area contributed by atoms with Crippen LogP contribution in [-0.2, 0) is 0 Å². The van der Waals surface area contributed by atoms with Gasteiger partial charge in [0.25, 0.3) is 0 Å². The first-order chi connectivity index (χ1) is 6.75. The Morgan fingerprint density at radius 1 is 1.43 bits per heavy atom. The van der Waals surface area contributed by atoms with Gasteiger partial charge in [0.15, 0.2) is 0 Å². The van der Waals surface area contributed by atoms with E-state index in [9.17, 15) is 0 Å². The zero-order valence-corrected chi connectivity index (χ0v) is 8.84. The van der Waals surface area contributed by atoms with Crippen molar-refractivity contribution >= 4 is 23.1 Å². The topological polar surface area (TPSA) is 47.9 Å². The first kappa shape index (κ1) is 9.36. The van der Waals surface area contributed by atoms with Gasteiger partial charge >= 0.3 is 5.19 Å². The molecule has 2 rings (SSSR count). The van der Waals surface area contributed by atoms with Gasteiger partial charge in [0.2, 0.25) is 0 Å². The highest BCUT2D eigenvalue weighted by Gasteiger charge is 2.04. The number of aromatic nitrogens is 3. The van der Waals surface area contributed by atoms with Crippen molar-refractivity contribution in [1.29, 1.82) is 0 Å². The van der Waals surface area contributed by atoms with E-state index in [1.807, 2.05) is 13.0 Å². The molecule has 4 nitrogen and oxygen atoms in total. The molecule has 0 fully saturated rings. The Hall–Kier alpha value is -1.20. The fraction of sp³-hybridized carbons (Fsp3) is 0.125. The normalized spacial score (nSPS) is 10.1. The van der Waals surface area contributed by atoms with E-state index in [4.69, 9.17) is 16.3 Å². The number of hydrogen-bond acceptors (Lipinski definition) is 5. The lowest BCUT2D eigenvalue weighted by molar-refractivity contribution is 0.469. The standard InChI is InChI=1S/C8H6ClN3OS/c1-5-4-6(9)2-3-7(5)13-8-10-11-12-14-8/h2-4H,1H3. The second-order valence-electron chi connectivity index (χ2n) is 2.64. The molecular weight excluding hydrogens is 222 g/mol. The molecule has 0 aliphatic heterocycles. The van der Waals surface area contributed by atoms with Gasteiger partial charge in [-0.3, -0.25) is 0 Å². The van der Waals surface area contributed by atoms with Gasteiger partial charge < -0.3 is 4.74 Å². The Morgan fingerprint density at radius 2 is 2.29 bits per heavy atom. The molecule has 0 atom stereocenters. The molecule has 2 aromatic rings. The van der Waals surface area contributed by atoms with Gasteiger partial charge in [-0.25, -0.2) is 0 Å². The molecule has 0 bridgehead atoms. The summed E-state index contributed by atoms with van der Waals surface area (Å²) < 4.78 is 9.02. The predicted molar refractivity (Wildman–Crippen MR) is 54.0 cm³/mol. The third-order valence-electron chi connectivity index (χ3n) is 1.62. The van der Waals surface area contributed by atoms with E-state index in [-0.39, 0.29) is 0 Å². The fourth-order valence-corrected chi connectivity index (χ4v) is 1.56. The van der Waals surface area contributed by atoms with Gasteiger partial charge in [0.05, 0.1) is 0 Å². The zero-order valence-electron chi connectivity index (χ0n) is 7.27. The van der Waals surface area contributed by atoms with Crippen molar-refractivity contribution in [1.82, 2.24) is 14.8 Å². The molecule has 0 spiro atoms. The number of aryl methyl sites for hydroxylation is 1. The Balaban J connectivity index is 2.25. The monoisotopic (exact) mass is 227 g/mol. The van der Waals surface area contributed by atoms with Gasteiger partial charge in [0.1, 0.15) is 5.75 Å². The summed E-state index contributed by atoms with van der Waals surface area (Å²) in [6.07, 6.45) is 0. The molecule has 0 radical (unpaired) electrons. The van der Waals surface area contributed by atoms with E-state index in [0.29, 0.717) is 16.0 Å². The average molecular weight is 228 g/mol. The van der Waals surface area contributed by atoms with E-state index in [2.05, 4.69) is 14.8 Å². The second-order valence-corrected chi connectivity index (χ2v) is 3.77. The third kappa shape index (κ3) is 2.00. The number of hydrogen-bond donors (Lipinski definition) is 0. The minimum Gasteiger partial charge on any atom is -0.428 e. The zero-order chi connectivity index (χ0) is 9.97. The van der Waals surface area contributed by atoms with E-state index in [1.165, 1.54) is 0 Å². The second kappa shape index (κ2) is 3.89. The maximum atomic E-state index is 5.81. The van der Waals surface area contributed by atoms with E-state index in [1.54, 1.807) is 12.1 Å². The summed E-state index contributed by atoms with van der Waals surface area (Å²) in [4.78, 5) is 0. The summed E-state index contributed by atoms with van der Waals surface area (Å²) in [5.41, 5.74) is 0.952. The maximum absolute atomic E-state index is 5.81. The van der Waals surface area contributed by atoms with Crippen LogP contribution in [0.2, 0.25) is 5.02 Å². The van der Waals surface area contributed by atoms with Crippen molar-refractivity contribution in [3.8, 4) is 10.9 Å². The van der Waals surface area contributed by atoms with E-state index >= 15 is 0 Å². The number of halogens is 1. The highest BCUT2D eigenvalue weighted by Crippen LogP contribution is 2.26. The summed E-state index contributed by atoms with van der Waals surface area (Å²) in [5, 5.41) is 8.22. The molecule has 1 aromatic carbocycles. The average Bonchev–Trinajstić information content (AvgIpc) is 2.62. The van der Waals surface area contributed by atoms with Crippen LogP contribution in [0, 0.1) is 6.92 Å². The van der Waals surface area contributed by atoms with Crippen LogP contribution in [-0.4, -0.2) is 14.8 Å². The number of nitrogens with zero attached hydrogens (tertiary/aromatic N) is 3. The minimum absolute atomic E-state index is 0.426. The number of benzene rings is 1. The molecule has 0 aliphatic rings. The van der Waals surface area contributed by atoms with Crippen LogP contribution in [0.25, 0.3) is 0 Å². The number of rotatable bonds is 2. The van der Waals surface area contributed by atoms with Gasteiger partial charge in [-0.15, -0.1) is 0 Å². The van der Waals surface area contributed by atoms with Crippen LogP contribution in [0.5, 0.6) is 10.9 Å². The van der Waals surface area contributed by atoms with Crippen LogP contribution in [0.3, 0.4) is 0 Å². The van der Waals surface area contributed by atoms with Crippen molar-refractivity contribution in [2.75, 3.05) is 0 Å². The lowest BCUT2D eigenvalue weighted by Gasteiger charge is -2.04. The van der Waals surface area contributed by atoms with Crippen LogP contribution in [0.1, 0.15) is 5.56 Å². The van der Waals surface area contributed by atoms with Crippen LogP contribution < -0.4 is 4.74 Å². The quantitative estimate of drug-likeness (QED) is 0.792. The molecule has 0 aliphatic carbocycles. The molecule has 14 heavy (non-hydrogen) atoms. The first-order valence-corrected chi connectivity index (χ1v) is 5.00. The van der Waals surface area contributed by atoms with Gasteiger partial charge in [0, 0.05) is 16.6 Å².